The molecule has 1 aromatic rings. The van der Waals surface area contributed by atoms with Crippen LogP contribution in [-0.4, -0.2) is 38.8 Å². The SMILES string of the molecule is Cc1cn([C@@H]2O[C@@H]3CO[P@](=S)(OC(C)C)O[C@H]3C2(Cl)Cl)c(=O)[nH]c1=O. The number of aromatic amines is 1. The molecule has 25 heavy (non-hydrogen) atoms. The molecule has 0 spiro atoms. The van der Waals surface area contributed by atoms with E-state index in [0.717, 1.165) is 4.57 Å². The number of H-pyrrole nitrogens is 1. The standard InChI is InChI=1S/C13H17Cl2N2O6PS/c1-6(2)22-24(25)20-5-8-9(23-24)13(14,15)11(21-8)17-4-7(3)10(18)16-12(17)19/h4,6,8-9,11H,5H2,1-3H3,(H,16,18,19)/t8-,9-,11-,24+/m1/s1. The van der Waals surface area contributed by atoms with Gasteiger partial charge in [-0.2, -0.15) is 0 Å². The second-order valence-electron chi connectivity index (χ2n) is 6.10. The van der Waals surface area contributed by atoms with Gasteiger partial charge in [-0.15, -0.1) is 0 Å². The highest BCUT2D eigenvalue weighted by Gasteiger charge is 2.61. The molecule has 1 aromatic heterocycles. The second-order valence-corrected chi connectivity index (χ2v) is 10.5. The molecular formula is C13H17Cl2N2O6PS. The van der Waals surface area contributed by atoms with Crippen molar-refractivity contribution in [2.75, 3.05) is 6.61 Å². The lowest BCUT2D eigenvalue weighted by Gasteiger charge is -2.36. The molecule has 8 nitrogen and oxygen atoms in total. The van der Waals surface area contributed by atoms with Gasteiger partial charge in [-0.3, -0.25) is 18.9 Å². The van der Waals surface area contributed by atoms with Crippen LogP contribution in [0.15, 0.2) is 15.8 Å². The highest BCUT2D eigenvalue weighted by atomic mass is 35.5. The fourth-order valence-corrected chi connectivity index (χ4v) is 6.02. The third kappa shape index (κ3) is 3.61. The molecule has 0 saturated carbocycles. The van der Waals surface area contributed by atoms with Gasteiger partial charge in [0.05, 0.1) is 12.7 Å². The van der Waals surface area contributed by atoms with E-state index in [2.05, 4.69) is 4.98 Å². The van der Waals surface area contributed by atoms with Crippen molar-refractivity contribution in [3.05, 3.63) is 32.6 Å². The van der Waals surface area contributed by atoms with E-state index in [4.69, 9.17) is 53.3 Å². The predicted molar refractivity (Wildman–Crippen MR) is 95.7 cm³/mol. The number of hydrogen-bond donors (Lipinski definition) is 1. The Hall–Kier alpha value is -0.250. The van der Waals surface area contributed by atoms with Crippen molar-refractivity contribution >= 4 is 41.7 Å². The minimum absolute atomic E-state index is 0.0729. The zero-order valence-corrected chi connectivity index (χ0v) is 16.8. The van der Waals surface area contributed by atoms with Crippen molar-refractivity contribution in [2.24, 2.45) is 0 Å². The Morgan fingerprint density at radius 1 is 1.48 bits per heavy atom. The summed E-state index contributed by atoms with van der Waals surface area (Å²) in [6.45, 7) is 2.21. The Labute approximate surface area is 158 Å². The molecule has 2 fully saturated rings. The first-order valence-corrected chi connectivity index (χ1v) is 10.8. The minimum atomic E-state index is -3.03. The van der Waals surface area contributed by atoms with Crippen molar-refractivity contribution in [1.82, 2.24) is 9.55 Å². The minimum Gasteiger partial charge on any atom is -0.346 e. The predicted octanol–water partition coefficient (Wildman–Crippen LogP) is 1.98. The molecule has 3 heterocycles. The average molecular weight is 431 g/mol. The van der Waals surface area contributed by atoms with Crippen molar-refractivity contribution in [3.63, 3.8) is 0 Å². The number of aromatic nitrogens is 2. The first-order valence-electron chi connectivity index (χ1n) is 7.50. The molecule has 2 saturated heterocycles. The molecule has 140 valence electrons. The van der Waals surface area contributed by atoms with Crippen LogP contribution in [0.1, 0.15) is 25.6 Å². The van der Waals surface area contributed by atoms with Gasteiger partial charge < -0.3 is 13.8 Å². The van der Waals surface area contributed by atoms with E-state index in [1.165, 1.54) is 6.20 Å². The van der Waals surface area contributed by atoms with Crippen molar-refractivity contribution in [1.29, 1.82) is 0 Å². The van der Waals surface area contributed by atoms with Crippen molar-refractivity contribution in [2.45, 2.75) is 49.6 Å². The number of halogens is 2. The van der Waals surface area contributed by atoms with Gasteiger partial charge in [-0.05, 0) is 32.6 Å². The smallest absolute Gasteiger partial charge is 0.330 e. The van der Waals surface area contributed by atoms with Crippen LogP contribution in [0.3, 0.4) is 0 Å². The number of alkyl halides is 2. The van der Waals surface area contributed by atoms with Crippen LogP contribution in [0.4, 0.5) is 0 Å². The molecule has 0 radical (unpaired) electrons. The van der Waals surface area contributed by atoms with Crippen LogP contribution in [0.5, 0.6) is 0 Å². The first-order chi connectivity index (χ1) is 11.5. The number of fused-ring (bicyclic) bond motifs is 1. The number of nitrogens with one attached hydrogen (secondary N) is 1. The average Bonchev–Trinajstić information content (AvgIpc) is 2.73. The summed E-state index contributed by atoms with van der Waals surface area (Å²) in [5, 5.41) is 0. The Morgan fingerprint density at radius 3 is 2.80 bits per heavy atom. The molecule has 12 heteroatoms. The summed E-state index contributed by atoms with van der Waals surface area (Å²) in [7, 11) is 0. The van der Waals surface area contributed by atoms with E-state index in [1.54, 1.807) is 20.8 Å². The number of hydrogen-bond acceptors (Lipinski definition) is 7. The van der Waals surface area contributed by atoms with Gasteiger partial charge in [0.15, 0.2) is 10.6 Å². The van der Waals surface area contributed by atoms with E-state index in [0.29, 0.717) is 5.56 Å². The molecule has 2 aliphatic heterocycles. The van der Waals surface area contributed by atoms with Gasteiger partial charge in [0.2, 0.25) is 0 Å². The zero-order valence-electron chi connectivity index (χ0n) is 13.6. The maximum absolute atomic E-state index is 12.1. The third-order valence-electron chi connectivity index (χ3n) is 3.73. The van der Waals surface area contributed by atoms with Gasteiger partial charge in [0, 0.05) is 11.8 Å². The summed E-state index contributed by atoms with van der Waals surface area (Å²) in [6, 6.07) is 0. The van der Waals surface area contributed by atoms with Crippen LogP contribution >= 0.6 is 29.9 Å². The fraction of sp³-hybridized carbons (Fsp3) is 0.692. The zero-order chi connectivity index (χ0) is 18.6. The molecule has 0 aliphatic carbocycles. The molecule has 1 N–H and O–H groups in total. The monoisotopic (exact) mass is 430 g/mol. The van der Waals surface area contributed by atoms with Crippen LogP contribution in [0, 0.1) is 6.92 Å². The molecule has 4 atom stereocenters. The van der Waals surface area contributed by atoms with Crippen LogP contribution < -0.4 is 11.2 Å². The van der Waals surface area contributed by atoms with E-state index in [1.807, 2.05) is 0 Å². The fourth-order valence-electron chi connectivity index (χ4n) is 2.64. The number of rotatable bonds is 3. The normalized spacial score (nSPS) is 34.2. The van der Waals surface area contributed by atoms with Crippen molar-refractivity contribution < 1.29 is 18.3 Å². The summed E-state index contributed by atoms with van der Waals surface area (Å²) >= 11 is 18.3. The van der Waals surface area contributed by atoms with E-state index in [9.17, 15) is 9.59 Å². The molecular weight excluding hydrogens is 414 g/mol. The van der Waals surface area contributed by atoms with Gasteiger partial charge in [0.25, 0.3) is 5.56 Å². The Kier molecular flexibility index (Phi) is 5.25. The van der Waals surface area contributed by atoms with E-state index in [-0.39, 0.29) is 12.7 Å². The summed E-state index contributed by atoms with van der Waals surface area (Å²) in [4.78, 5) is 25.9. The highest BCUT2D eigenvalue weighted by Crippen LogP contribution is 2.61. The molecule has 0 amide bonds. The second kappa shape index (κ2) is 6.73. The number of ether oxygens (including phenoxy) is 1. The van der Waals surface area contributed by atoms with Crippen LogP contribution in [0.2, 0.25) is 0 Å². The summed E-state index contributed by atoms with van der Waals surface area (Å²) in [5.74, 6) is 0. The van der Waals surface area contributed by atoms with Crippen LogP contribution in [-0.2, 0) is 30.1 Å². The Bertz CT molecular complexity index is 841. The quantitative estimate of drug-likeness (QED) is 0.578. The molecule has 3 rings (SSSR count). The molecule has 2 aliphatic rings. The lowest BCUT2D eigenvalue weighted by atomic mass is 10.1. The lowest BCUT2D eigenvalue weighted by molar-refractivity contribution is -0.0651. The third-order valence-corrected chi connectivity index (χ3v) is 6.99. The largest absolute Gasteiger partial charge is 0.346 e. The van der Waals surface area contributed by atoms with Crippen LogP contribution in [0.25, 0.3) is 0 Å². The molecule has 0 unspecified atom stereocenters. The Morgan fingerprint density at radius 2 is 2.16 bits per heavy atom. The molecule has 0 bridgehead atoms. The number of aryl methyl sites for hydroxylation is 1. The maximum atomic E-state index is 12.1. The van der Waals surface area contributed by atoms with Gasteiger partial charge in [-0.1, -0.05) is 23.2 Å². The number of nitrogens with zero attached hydrogens (tertiary/aromatic N) is 1. The maximum Gasteiger partial charge on any atom is 0.330 e. The molecule has 0 aromatic carbocycles. The highest BCUT2D eigenvalue weighted by molar-refractivity contribution is 8.07. The summed E-state index contributed by atoms with van der Waals surface area (Å²) in [5.41, 5.74) is -0.872. The van der Waals surface area contributed by atoms with Gasteiger partial charge in [-0.25, -0.2) is 4.79 Å². The van der Waals surface area contributed by atoms with E-state index < -0.39 is 40.7 Å². The van der Waals surface area contributed by atoms with Gasteiger partial charge >= 0.3 is 12.4 Å². The van der Waals surface area contributed by atoms with Crippen molar-refractivity contribution in [3.8, 4) is 0 Å². The lowest BCUT2D eigenvalue weighted by Crippen LogP contribution is -2.44. The van der Waals surface area contributed by atoms with Gasteiger partial charge in [0.1, 0.15) is 12.2 Å². The van der Waals surface area contributed by atoms with E-state index >= 15 is 0 Å². The first kappa shape index (κ1) is 19.5. The Balaban J connectivity index is 1.94. The topological polar surface area (TPSA) is 91.8 Å². The summed E-state index contributed by atoms with van der Waals surface area (Å²) in [6.07, 6.45) is -1.43. The summed E-state index contributed by atoms with van der Waals surface area (Å²) < 4.78 is 22.2.